The van der Waals surface area contributed by atoms with Crippen LogP contribution in [0.5, 0.6) is 5.75 Å². The predicted octanol–water partition coefficient (Wildman–Crippen LogP) is 4.86. The molecule has 0 aliphatic heterocycles. The van der Waals surface area contributed by atoms with Gasteiger partial charge in [-0.1, -0.05) is 18.2 Å². The third-order valence-corrected chi connectivity index (χ3v) is 7.43. The van der Waals surface area contributed by atoms with E-state index in [0.29, 0.717) is 22.8 Å². The maximum absolute atomic E-state index is 12.8. The zero-order valence-corrected chi connectivity index (χ0v) is 19.4. The number of benzene rings is 2. The summed E-state index contributed by atoms with van der Waals surface area (Å²) in [6.45, 7) is 0. The number of amides is 1. The van der Waals surface area contributed by atoms with Gasteiger partial charge in [0.15, 0.2) is 0 Å². The molecule has 2 heterocycles. The molecule has 4 rings (SSSR count). The monoisotopic (exact) mass is 485 g/mol. The van der Waals surface area contributed by atoms with Crippen LogP contribution in [0.25, 0.3) is 10.6 Å². The molecule has 2 N–H and O–H groups in total. The molecule has 10 heteroatoms. The maximum Gasteiger partial charge on any atom is 0.262 e. The Hall–Kier alpha value is -3.21. The Kier molecular flexibility index (Phi) is 6.54. The van der Waals surface area contributed by atoms with E-state index in [9.17, 15) is 13.2 Å². The highest BCUT2D eigenvalue weighted by atomic mass is 32.2. The number of ether oxygens (including phenoxy) is 1. The molecule has 0 spiro atoms. The number of carbonyl (C=O) groups excluding carboxylic acids is 1. The van der Waals surface area contributed by atoms with Crippen LogP contribution >= 0.6 is 22.7 Å². The van der Waals surface area contributed by atoms with E-state index >= 15 is 0 Å². The number of thiazole rings is 1. The van der Waals surface area contributed by atoms with Crippen LogP contribution in [-0.4, -0.2) is 26.4 Å². The standard InChI is InChI=1S/C22H19N3O4S3/c1-29-20-8-3-2-7-19(20)25-32(27,28)18-6-4-5-16(11-18)23-21(26)12-17-14-31-22(24-17)15-9-10-30-13-15/h2-11,13-14,25H,12H2,1H3,(H,23,26). The molecule has 0 radical (unpaired) electrons. The summed E-state index contributed by atoms with van der Waals surface area (Å²) in [6, 6.07) is 14.8. The second kappa shape index (κ2) is 9.51. The van der Waals surface area contributed by atoms with Crippen LogP contribution in [0.1, 0.15) is 5.69 Å². The van der Waals surface area contributed by atoms with E-state index in [1.54, 1.807) is 47.7 Å². The fourth-order valence-corrected chi connectivity index (χ4v) is 5.60. The zero-order valence-electron chi connectivity index (χ0n) is 16.9. The smallest absolute Gasteiger partial charge is 0.262 e. The average Bonchev–Trinajstić information content (AvgIpc) is 3.46. The Morgan fingerprint density at radius 1 is 1.09 bits per heavy atom. The van der Waals surface area contributed by atoms with Gasteiger partial charge in [0.1, 0.15) is 10.8 Å². The summed E-state index contributed by atoms with van der Waals surface area (Å²) < 4.78 is 33.4. The summed E-state index contributed by atoms with van der Waals surface area (Å²) in [6.07, 6.45) is 0.0943. The largest absolute Gasteiger partial charge is 0.495 e. The zero-order chi connectivity index (χ0) is 22.6. The number of nitrogens with zero attached hydrogens (tertiary/aromatic N) is 1. The molecular weight excluding hydrogens is 466 g/mol. The molecule has 4 aromatic rings. The lowest BCUT2D eigenvalue weighted by molar-refractivity contribution is -0.115. The number of anilines is 2. The van der Waals surface area contributed by atoms with Crippen molar-refractivity contribution >= 4 is 50.0 Å². The number of rotatable bonds is 8. The number of sulfonamides is 1. The third kappa shape index (κ3) is 5.16. The van der Waals surface area contributed by atoms with Crippen molar-refractivity contribution in [2.45, 2.75) is 11.3 Å². The van der Waals surface area contributed by atoms with Gasteiger partial charge in [-0.15, -0.1) is 11.3 Å². The van der Waals surface area contributed by atoms with Crippen LogP contribution in [0.4, 0.5) is 11.4 Å². The van der Waals surface area contributed by atoms with Gasteiger partial charge < -0.3 is 10.1 Å². The molecular formula is C22H19N3O4S3. The number of hydrogen-bond acceptors (Lipinski definition) is 7. The minimum absolute atomic E-state index is 0.0228. The Morgan fingerprint density at radius 2 is 1.94 bits per heavy atom. The number of thiophene rings is 1. The molecule has 0 atom stereocenters. The molecule has 2 aromatic carbocycles. The highest BCUT2D eigenvalue weighted by Gasteiger charge is 2.17. The predicted molar refractivity (Wildman–Crippen MR) is 128 cm³/mol. The quantitative estimate of drug-likeness (QED) is 0.371. The molecule has 32 heavy (non-hydrogen) atoms. The molecule has 2 aromatic heterocycles. The van der Waals surface area contributed by atoms with Crippen molar-refractivity contribution in [2.75, 3.05) is 17.1 Å². The van der Waals surface area contributed by atoms with Crippen molar-refractivity contribution in [3.63, 3.8) is 0 Å². The first-order valence-electron chi connectivity index (χ1n) is 9.47. The molecule has 0 fully saturated rings. The second-order valence-corrected chi connectivity index (χ2v) is 10.0. The van der Waals surface area contributed by atoms with Crippen LogP contribution < -0.4 is 14.8 Å². The molecule has 0 unspecified atom stereocenters. The van der Waals surface area contributed by atoms with Crippen LogP contribution in [0.3, 0.4) is 0 Å². The summed E-state index contributed by atoms with van der Waals surface area (Å²) in [5.41, 5.74) is 2.41. The first-order chi connectivity index (χ1) is 15.4. The summed E-state index contributed by atoms with van der Waals surface area (Å²) in [7, 11) is -2.41. The SMILES string of the molecule is COc1ccccc1NS(=O)(=O)c1cccc(NC(=O)Cc2csc(-c3ccsc3)n2)c1. The Bertz CT molecular complexity index is 1330. The molecule has 0 bridgehead atoms. The van der Waals surface area contributed by atoms with Gasteiger partial charge in [0.25, 0.3) is 10.0 Å². The normalized spacial score (nSPS) is 11.2. The molecule has 0 aliphatic rings. The van der Waals surface area contributed by atoms with E-state index < -0.39 is 10.0 Å². The molecule has 0 aliphatic carbocycles. The van der Waals surface area contributed by atoms with E-state index in [2.05, 4.69) is 15.0 Å². The summed E-state index contributed by atoms with van der Waals surface area (Å²) >= 11 is 3.07. The highest BCUT2D eigenvalue weighted by Crippen LogP contribution is 2.28. The molecule has 0 saturated heterocycles. The van der Waals surface area contributed by atoms with Crippen LogP contribution in [-0.2, 0) is 21.2 Å². The molecule has 0 saturated carbocycles. The van der Waals surface area contributed by atoms with Gasteiger partial charge in [0.2, 0.25) is 5.91 Å². The Balaban J connectivity index is 1.45. The topological polar surface area (TPSA) is 97.4 Å². The number of methoxy groups -OCH3 is 1. The average molecular weight is 486 g/mol. The van der Waals surface area contributed by atoms with Crippen molar-refractivity contribution in [3.8, 4) is 16.3 Å². The molecule has 164 valence electrons. The Labute approximate surface area is 193 Å². The number of nitrogens with one attached hydrogen (secondary N) is 2. The number of para-hydroxylation sites is 2. The summed E-state index contributed by atoms with van der Waals surface area (Å²) in [5, 5.41) is 9.45. The highest BCUT2D eigenvalue weighted by molar-refractivity contribution is 7.92. The van der Waals surface area contributed by atoms with Gasteiger partial charge in [-0.25, -0.2) is 13.4 Å². The fourth-order valence-electron chi connectivity index (χ4n) is 2.95. The summed E-state index contributed by atoms with van der Waals surface area (Å²) in [4.78, 5) is 17.0. The van der Waals surface area contributed by atoms with Gasteiger partial charge >= 0.3 is 0 Å². The number of hydrogen-bond donors (Lipinski definition) is 2. The van der Waals surface area contributed by atoms with Crippen molar-refractivity contribution < 1.29 is 17.9 Å². The third-order valence-electron chi connectivity index (χ3n) is 4.44. The maximum atomic E-state index is 12.8. The van der Waals surface area contributed by atoms with Gasteiger partial charge in [-0.05, 0) is 41.8 Å². The van der Waals surface area contributed by atoms with Crippen LogP contribution in [0.2, 0.25) is 0 Å². The van der Waals surface area contributed by atoms with Crippen molar-refractivity contribution in [2.24, 2.45) is 0 Å². The first kappa shape index (κ1) is 22.0. The van der Waals surface area contributed by atoms with Gasteiger partial charge in [-0.2, -0.15) is 11.3 Å². The lowest BCUT2D eigenvalue weighted by atomic mass is 10.3. The van der Waals surface area contributed by atoms with E-state index in [4.69, 9.17) is 4.74 Å². The van der Waals surface area contributed by atoms with E-state index in [0.717, 1.165) is 10.6 Å². The van der Waals surface area contributed by atoms with Gasteiger partial charge in [-0.3, -0.25) is 9.52 Å². The van der Waals surface area contributed by atoms with Crippen LogP contribution in [0.15, 0.2) is 75.6 Å². The number of carbonyl (C=O) groups is 1. The van der Waals surface area contributed by atoms with E-state index in [1.165, 1.54) is 30.6 Å². The van der Waals surface area contributed by atoms with Crippen molar-refractivity contribution in [3.05, 3.63) is 76.4 Å². The van der Waals surface area contributed by atoms with Crippen molar-refractivity contribution in [1.82, 2.24) is 4.98 Å². The lowest BCUT2D eigenvalue weighted by Gasteiger charge is -2.12. The minimum Gasteiger partial charge on any atom is -0.495 e. The van der Waals surface area contributed by atoms with E-state index in [1.807, 2.05) is 22.2 Å². The molecule has 1 amide bonds. The van der Waals surface area contributed by atoms with Crippen molar-refractivity contribution in [1.29, 1.82) is 0 Å². The molecule has 7 nitrogen and oxygen atoms in total. The van der Waals surface area contributed by atoms with E-state index in [-0.39, 0.29) is 17.2 Å². The number of aromatic nitrogens is 1. The summed E-state index contributed by atoms with van der Waals surface area (Å²) in [5.74, 6) is 0.130. The minimum atomic E-state index is -3.88. The van der Waals surface area contributed by atoms with Gasteiger partial charge in [0.05, 0.1) is 29.8 Å². The van der Waals surface area contributed by atoms with Crippen LogP contribution in [0, 0.1) is 0 Å². The van der Waals surface area contributed by atoms with Gasteiger partial charge in [0, 0.05) is 22.0 Å². The second-order valence-electron chi connectivity index (χ2n) is 6.71. The lowest BCUT2D eigenvalue weighted by Crippen LogP contribution is -2.16. The fraction of sp³-hybridized carbons (Fsp3) is 0.0909. The first-order valence-corrected chi connectivity index (χ1v) is 12.8. The Morgan fingerprint density at radius 3 is 2.72 bits per heavy atom.